The fraction of sp³-hybridized carbons (Fsp3) is 0.0323. The quantitative estimate of drug-likeness (QED) is 0.207. The van der Waals surface area contributed by atoms with Gasteiger partial charge in [-0.25, -0.2) is 0 Å². The van der Waals surface area contributed by atoms with Gasteiger partial charge in [-0.1, -0.05) is 94.8 Å². The van der Waals surface area contributed by atoms with Gasteiger partial charge in [0.2, 0.25) is 0 Å². The number of fused-ring (bicyclic) bond motifs is 13. The first-order valence-corrected chi connectivity index (χ1v) is 12.2. The molecule has 5 aromatic rings. The van der Waals surface area contributed by atoms with E-state index in [1.54, 1.807) is 0 Å². The molecule has 3 heteroatoms. The van der Waals surface area contributed by atoms with Crippen molar-refractivity contribution < 1.29 is 9.47 Å². The summed E-state index contributed by atoms with van der Waals surface area (Å²) in [6.07, 6.45) is 0. The fourth-order valence-electron chi connectivity index (χ4n) is 6.19. The summed E-state index contributed by atoms with van der Waals surface area (Å²) in [7, 11) is 0. The molecular formula is C31H17BrO2. The molecule has 1 heterocycles. The van der Waals surface area contributed by atoms with E-state index in [-0.39, 0.29) is 5.41 Å². The van der Waals surface area contributed by atoms with Gasteiger partial charge in [0, 0.05) is 10.0 Å². The molecule has 0 saturated heterocycles. The predicted octanol–water partition coefficient (Wildman–Crippen LogP) is 8.69. The lowest BCUT2D eigenvalue weighted by Gasteiger charge is -2.31. The van der Waals surface area contributed by atoms with Crippen molar-refractivity contribution in [3.05, 3.63) is 130 Å². The van der Waals surface area contributed by atoms with Gasteiger partial charge in [0.15, 0.2) is 23.0 Å². The fourth-order valence-corrected chi connectivity index (χ4v) is 6.53. The highest BCUT2D eigenvalue weighted by Crippen LogP contribution is 2.66. The Morgan fingerprint density at radius 3 is 1.79 bits per heavy atom. The Bertz CT molecular complexity index is 1640. The summed E-state index contributed by atoms with van der Waals surface area (Å²) in [6.45, 7) is 0. The van der Waals surface area contributed by atoms with Gasteiger partial charge in [0.05, 0.1) is 5.41 Å². The van der Waals surface area contributed by atoms with Crippen LogP contribution in [0.2, 0.25) is 0 Å². The van der Waals surface area contributed by atoms with Gasteiger partial charge < -0.3 is 9.47 Å². The molecule has 1 spiro atoms. The molecule has 1 aliphatic heterocycles. The van der Waals surface area contributed by atoms with Gasteiger partial charge in [0.25, 0.3) is 0 Å². The summed E-state index contributed by atoms with van der Waals surface area (Å²) in [5.41, 5.74) is 9.72. The molecule has 5 aromatic carbocycles. The number of benzene rings is 5. The molecular weight excluding hydrogens is 484 g/mol. The number of halogens is 1. The summed E-state index contributed by atoms with van der Waals surface area (Å²) in [4.78, 5) is 0. The van der Waals surface area contributed by atoms with Crippen LogP contribution >= 0.6 is 15.9 Å². The van der Waals surface area contributed by atoms with Gasteiger partial charge in [-0.3, -0.25) is 0 Å². The second-order valence-corrected chi connectivity index (χ2v) is 9.91. The van der Waals surface area contributed by atoms with Crippen LogP contribution in [0.25, 0.3) is 22.3 Å². The highest BCUT2D eigenvalue weighted by atomic mass is 79.9. The molecule has 0 atom stereocenters. The molecule has 3 aliphatic rings. The second kappa shape index (κ2) is 6.40. The van der Waals surface area contributed by atoms with Gasteiger partial charge in [-0.05, 0) is 63.2 Å². The molecule has 0 amide bonds. The lowest BCUT2D eigenvalue weighted by molar-refractivity contribution is 0.360. The first-order chi connectivity index (χ1) is 16.8. The van der Waals surface area contributed by atoms with Crippen LogP contribution in [-0.2, 0) is 5.41 Å². The van der Waals surface area contributed by atoms with Crippen molar-refractivity contribution in [2.45, 2.75) is 5.41 Å². The maximum atomic E-state index is 6.56. The molecule has 0 unspecified atom stereocenters. The van der Waals surface area contributed by atoms with Crippen LogP contribution in [0, 0.1) is 0 Å². The first-order valence-electron chi connectivity index (χ1n) is 11.4. The summed E-state index contributed by atoms with van der Waals surface area (Å²) in [6, 6.07) is 36.6. The Morgan fingerprint density at radius 2 is 1.09 bits per heavy atom. The predicted molar refractivity (Wildman–Crippen MR) is 137 cm³/mol. The van der Waals surface area contributed by atoms with E-state index in [0.29, 0.717) is 0 Å². The van der Waals surface area contributed by atoms with E-state index in [9.17, 15) is 0 Å². The zero-order valence-corrected chi connectivity index (χ0v) is 19.6. The highest BCUT2D eigenvalue weighted by molar-refractivity contribution is 9.10. The Labute approximate surface area is 205 Å². The van der Waals surface area contributed by atoms with Crippen LogP contribution in [0.3, 0.4) is 0 Å². The smallest absolute Gasteiger partial charge is 0.178 e. The van der Waals surface area contributed by atoms with Crippen molar-refractivity contribution in [1.82, 2.24) is 0 Å². The van der Waals surface area contributed by atoms with Crippen LogP contribution in [0.1, 0.15) is 22.3 Å². The van der Waals surface area contributed by atoms with E-state index in [1.807, 2.05) is 18.2 Å². The molecule has 0 aromatic heterocycles. The number of ether oxygens (including phenoxy) is 2. The van der Waals surface area contributed by atoms with E-state index in [0.717, 1.165) is 33.0 Å². The second-order valence-electron chi connectivity index (χ2n) is 9.00. The molecule has 0 N–H and O–H groups in total. The minimum Gasteiger partial charge on any atom is -0.449 e. The number of rotatable bonds is 0. The number of hydrogen-bond donors (Lipinski definition) is 0. The molecule has 8 rings (SSSR count). The van der Waals surface area contributed by atoms with Crippen molar-refractivity contribution in [3.8, 4) is 45.3 Å². The molecule has 0 radical (unpaired) electrons. The average Bonchev–Trinajstić information content (AvgIpc) is 3.35. The SMILES string of the molecule is Brc1ccc2c(c1)Oc1ccc3c(c1O2)-c1ccccc1C31c2ccccc2-c2ccccc21. The Hall–Kier alpha value is -3.82. The molecule has 0 saturated carbocycles. The summed E-state index contributed by atoms with van der Waals surface area (Å²) in [5.74, 6) is 2.99. The first kappa shape index (κ1) is 18.6. The zero-order chi connectivity index (χ0) is 22.4. The van der Waals surface area contributed by atoms with Crippen molar-refractivity contribution in [2.75, 3.05) is 0 Å². The Balaban J connectivity index is 1.49. The zero-order valence-electron chi connectivity index (χ0n) is 18.0. The van der Waals surface area contributed by atoms with E-state index >= 15 is 0 Å². The largest absolute Gasteiger partial charge is 0.449 e. The van der Waals surface area contributed by atoms with E-state index < -0.39 is 0 Å². The molecule has 160 valence electrons. The van der Waals surface area contributed by atoms with Gasteiger partial charge >= 0.3 is 0 Å². The lowest BCUT2D eigenvalue weighted by atomic mass is 9.70. The molecule has 2 aliphatic carbocycles. The van der Waals surface area contributed by atoms with Crippen molar-refractivity contribution in [1.29, 1.82) is 0 Å². The molecule has 0 bridgehead atoms. The highest BCUT2D eigenvalue weighted by Gasteiger charge is 2.52. The van der Waals surface area contributed by atoms with E-state index in [2.05, 4.69) is 101 Å². The minimum absolute atomic E-state index is 0.377. The molecule has 34 heavy (non-hydrogen) atoms. The van der Waals surface area contributed by atoms with Gasteiger partial charge in [0.1, 0.15) is 0 Å². The number of hydrogen-bond acceptors (Lipinski definition) is 2. The maximum Gasteiger partial charge on any atom is 0.178 e. The van der Waals surface area contributed by atoms with E-state index in [4.69, 9.17) is 9.47 Å². The Morgan fingerprint density at radius 1 is 0.500 bits per heavy atom. The van der Waals surface area contributed by atoms with Crippen molar-refractivity contribution in [2.24, 2.45) is 0 Å². The summed E-state index contributed by atoms with van der Waals surface area (Å²) in [5, 5.41) is 0. The maximum absolute atomic E-state index is 6.56. The van der Waals surface area contributed by atoms with E-state index in [1.165, 1.54) is 38.9 Å². The lowest BCUT2D eigenvalue weighted by Crippen LogP contribution is -2.25. The third-order valence-electron chi connectivity index (χ3n) is 7.42. The average molecular weight is 501 g/mol. The van der Waals surface area contributed by atoms with Crippen LogP contribution < -0.4 is 9.47 Å². The van der Waals surface area contributed by atoms with Crippen LogP contribution in [-0.4, -0.2) is 0 Å². The van der Waals surface area contributed by atoms with Crippen molar-refractivity contribution >= 4 is 15.9 Å². The summed E-state index contributed by atoms with van der Waals surface area (Å²) < 4.78 is 13.9. The molecule has 0 fully saturated rings. The van der Waals surface area contributed by atoms with Crippen LogP contribution in [0.4, 0.5) is 0 Å². The standard InChI is InChI=1S/C31H17BrO2/c32-18-13-15-26-28(17-18)33-27-16-14-25-29(30(27)34-26)21-9-3-6-12-24(21)31(25)22-10-4-1-7-19(22)20-8-2-5-11-23(20)31/h1-17H. The topological polar surface area (TPSA) is 18.5 Å². The van der Waals surface area contributed by atoms with Crippen LogP contribution in [0.15, 0.2) is 108 Å². The van der Waals surface area contributed by atoms with Crippen molar-refractivity contribution in [3.63, 3.8) is 0 Å². The minimum atomic E-state index is -0.377. The molecule has 2 nitrogen and oxygen atoms in total. The van der Waals surface area contributed by atoms with Crippen LogP contribution in [0.5, 0.6) is 23.0 Å². The third-order valence-corrected chi connectivity index (χ3v) is 7.91. The Kier molecular flexibility index (Phi) is 3.50. The summed E-state index contributed by atoms with van der Waals surface area (Å²) >= 11 is 3.54. The van der Waals surface area contributed by atoms with Gasteiger partial charge in [-0.2, -0.15) is 0 Å². The third kappa shape index (κ3) is 2.12. The monoisotopic (exact) mass is 500 g/mol. The normalized spacial score (nSPS) is 14.7. The van der Waals surface area contributed by atoms with Gasteiger partial charge in [-0.15, -0.1) is 0 Å².